The summed E-state index contributed by atoms with van der Waals surface area (Å²) in [5.41, 5.74) is -1.57. The van der Waals surface area contributed by atoms with Crippen LogP contribution in [0, 0.1) is 5.82 Å². The van der Waals surface area contributed by atoms with Crippen molar-refractivity contribution in [3.63, 3.8) is 0 Å². The highest BCUT2D eigenvalue weighted by Gasteiger charge is 2.34. The third kappa shape index (κ3) is 5.47. The molecule has 1 aliphatic rings. The second kappa shape index (κ2) is 8.77. The van der Waals surface area contributed by atoms with Crippen LogP contribution in [0.15, 0.2) is 12.1 Å². The maximum atomic E-state index is 14.1. The van der Waals surface area contributed by atoms with E-state index in [4.69, 9.17) is 16.3 Å². The van der Waals surface area contributed by atoms with E-state index in [9.17, 15) is 27.2 Å². The van der Waals surface area contributed by atoms with Crippen LogP contribution < -0.4 is 0 Å². The standard InChI is InChI=1S/C17H18ClF4NO4/c1-2-26-16(25)27-15-5-3-4-6-23(15)14(24)9-11-12(18)7-10(8-13(11)19)17(20,21)22/h7-8,15H,2-6,9H2,1H3. The number of halogens is 5. The first-order chi connectivity index (χ1) is 12.6. The number of amides is 1. The summed E-state index contributed by atoms with van der Waals surface area (Å²) in [7, 11) is 0. The van der Waals surface area contributed by atoms with Crippen LogP contribution in [0.1, 0.15) is 37.3 Å². The van der Waals surface area contributed by atoms with Crippen molar-refractivity contribution in [3.05, 3.63) is 34.1 Å². The number of hydrogen-bond acceptors (Lipinski definition) is 4. The lowest BCUT2D eigenvalue weighted by molar-refractivity contribution is -0.145. The molecule has 0 bridgehead atoms. The first-order valence-electron chi connectivity index (χ1n) is 8.31. The maximum Gasteiger partial charge on any atom is 0.510 e. The molecule has 1 aromatic rings. The molecule has 1 heterocycles. The normalized spacial score (nSPS) is 17.6. The summed E-state index contributed by atoms with van der Waals surface area (Å²) in [6, 6.07) is 0.882. The van der Waals surface area contributed by atoms with Gasteiger partial charge in [0, 0.05) is 23.6 Å². The first-order valence-corrected chi connectivity index (χ1v) is 8.69. The van der Waals surface area contributed by atoms with Gasteiger partial charge >= 0.3 is 12.3 Å². The fourth-order valence-electron chi connectivity index (χ4n) is 2.76. The van der Waals surface area contributed by atoms with Gasteiger partial charge < -0.3 is 14.4 Å². The Balaban J connectivity index is 2.16. The van der Waals surface area contributed by atoms with Gasteiger partial charge in [-0.05, 0) is 31.9 Å². The Kier molecular flexibility index (Phi) is 6.91. The number of alkyl halides is 3. The van der Waals surface area contributed by atoms with Crippen LogP contribution >= 0.6 is 11.6 Å². The Bertz CT molecular complexity index is 688. The highest BCUT2D eigenvalue weighted by atomic mass is 35.5. The fraction of sp³-hybridized carbons (Fsp3) is 0.529. The summed E-state index contributed by atoms with van der Waals surface area (Å²) in [6.07, 6.45) is -5.36. The summed E-state index contributed by atoms with van der Waals surface area (Å²) >= 11 is 5.77. The van der Waals surface area contributed by atoms with Crippen molar-refractivity contribution in [2.75, 3.05) is 13.2 Å². The average Bonchev–Trinajstić information content (AvgIpc) is 2.57. The predicted molar refractivity (Wildman–Crippen MR) is 87.6 cm³/mol. The highest BCUT2D eigenvalue weighted by molar-refractivity contribution is 6.31. The molecule has 27 heavy (non-hydrogen) atoms. The van der Waals surface area contributed by atoms with Crippen LogP contribution in [-0.4, -0.2) is 36.3 Å². The van der Waals surface area contributed by atoms with Crippen molar-refractivity contribution >= 4 is 23.7 Å². The van der Waals surface area contributed by atoms with Gasteiger partial charge in [0.2, 0.25) is 5.91 Å². The lowest BCUT2D eigenvalue weighted by atomic mass is 10.0. The molecule has 1 fully saturated rings. The van der Waals surface area contributed by atoms with Gasteiger partial charge in [0.05, 0.1) is 18.6 Å². The molecule has 2 rings (SSSR count). The molecule has 1 amide bonds. The molecule has 0 aliphatic carbocycles. The molecule has 5 nitrogen and oxygen atoms in total. The Morgan fingerprint density at radius 3 is 2.59 bits per heavy atom. The van der Waals surface area contributed by atoms with E-state index in [1.165, 1.54) is 4.90 Å². The van der Waals surface area contributed by atoms with Crippen molar-refractivity contribution in [2.45, 2.75) is 45.0 Å². The number of carbonyl (C=O) groups is 2. The summed E-state index contributed by atoms with van der Waals surface area (Å²) in [6.45, 7) is 1.97. The minimum absolute atomic E-state index is 0.103. The van der Waals surface area contributed by atoms with Crippen molar-refractivity contribution in [1.29, 1.82) is 0 Å². The second-order valence-corrected chi connectivity index (χ2v) is 6.34. The van der Waals surface area contributed by atoms with Crippen LogP contribution in [0.25, 0.3) is 0 Å². The van der Waals surface area contributed by atoms with Gasteiger partial charge in [-0.3, -0.25) is 4.79 Å². The summed E-state index contributed by atoms with van der Waals surface area (Å²) in [5.74, 6) is -1.83. The van der Waals surface area contributed by atoms with Crippen molar-refractivity contribution in [1.82, 2.24) is 4.90 Å². The Morgan fingerprint density at radius 1 is 1.30 bits per heavy atom. The highest BCUT2D eigenvalue weighted by Crippen LogP contribution is 2.34. The molecular formula is C17H18ClF4NO4. The van der Waals surface area contributed by atoms with Gasteiger partial charge in [-0.25, -0.2) is 9.18 Å². The molecule has 0 spiro atoms. The molecule has 0 radical (unpaired) electrons. The van der Waals surface area contributed by atoms with Crippen LogP contribution in [-0.2, 0) is 26.9 Å². The fourth-order valence-corrected chi connectivity index (χ4v) is 3.03. The molecule has 1 aromatic carbocycles. The van der Waals surface area contributed by atoms with Gasteiger partial charge in [0.1, 0.15) is 5.82 Å². The molecule has 1 saturated heterocycles. The van der Waals surface area contributed by atoms with Crippen LogP contribution in [0.3, 0.4) is 0 Å². The van der Waals surface area contributed by atoms with Crippen LogP contribution in [0.4, 0.5) is 22.4 Å². The zero-order chi connectivity index (χ0) is 20.2. The summed E-state index contributed by atoms with van der Waals surface area (Å²) in [4.78, 5) is 25.3. The molecular weight excluding hydrogens is 394 g/mol. The topological polar surface area (TPSA) is 55.8 Å². The molecule has 150 valence electrons. The minimum Gasteiger partial charge on any atom is -0.435 e. The van der Waals surface area contributed by atoms with E-state index in [1.807, 2.05) is 0 Å². The van der Waals surface area contributed by atoms with E-state index >= 15 is 0 Å². The number of benzene rings is 1. The quantitative estimate of drug-likeness (QED) is 0.538. The van der Waals surface area contributed by atoms with Gasteiger partial charge in [0.25, 0.3) is 0 Å². The smallest absolute Gasteiger partial charge is 0.435 e. The van der Waals surface area contributed by atoms with E-state index in [-0.39, 0.29) is 18.7 Å². The van der Waals surface area contributed by atoms with E-state index in [1.54, 1.807) is 6.92 Å². The number of rotatable bonds is 4. The third-order valence-electron chi connectivity index (χ3n) is 4.06. The lowest BCUT2D eigenvalue weighted by Gasteiger charge is -2.34. The molecule has 10 heteroatoms. The van der Waals surface area contributed by atoms with E-state index in [2.05, 4.69) is 4.74 Å². The Hall–Kier alpha value is -2.03. The molecule has 0 aromatic heterocycles. The summed E-state index contributed by atoms with van der Waals surface area (Å²) < 4.78 is 62.0. The second-order valence-electron chi connectivity index (χ2n) is 5.93. The van der Waals surface area contributed by atoms with Gasteiger partial charge in [-0.1, -0.05) is 11.6 Å². The molecule has 0 saturated carbocycles. The van der Waals surface area contributed by atoms with Crippen LogP contribution in [0.2, 0.25) is 5.02 Å². The van der Waals surface area contributed by atoms with Crippen LogP contribution in [0.5, 0.6) is 0 Å². The van der Waals surface area contributed by atoms with Crippen molar-refractivity contribution < 1.29 is 36.6 Å². The monoisotopic (exact) mass is 411 g/mol. The number of carbonyl (C=O) groups excluding carboxylic acids is 2. The van der Waals surface area contributed by atoms with Crippen molar-refractivity contribution in [2.24, 2.45) is 0 Å². The lowest BCUT2D eigenvalue weighted by Crippen LogP contribution is -2.46. The van der Waals surface area contributed by atoms with Gasteiger partial charge in [-0.15, -0.1) is 0 Å². The molecule has 1 aliphatic heterocycles. The zero-order valence-corrected chi connectivity index (χ0v) is 15.2. The molecule has 0 N–H and O–H groups in total. The van der Waals surface area contributed by atoms with Crippen molar-refractivity contribution in [3.8, 4) is 0 Å². The average molecular weight is 412 g/mol. The minimum atomic E-state index is -4.75. The van der Waals surface area contributed by atoms with E-state index in [0.29, 0.717) is 31.4 Å². The number of piperidine rings is 1. The Morgan fingerprint density at radius 2 is 2.00 bits per heavy atom. The third-order valence-corrected chi connectivity index (χ3v) is 4.40. The first kappa shape index (κ1) is 21.3. The maximum absolute atomic E-state index is 14.1. The van der Waals surface area contributed by atoms with Gasteiger partial charge in [-0.2, -0.15) is 13.2 Å². The largest absolute Gasteiger partial charge is 0.510 e. The Labute approximate surface area is 158 Å². The van der Waals surface area contributed by atoms with E-state index in [0.717, 1.165) is 0 Å². The zero-order valence-electron chi connectivity index (χ0n) is 14.4. The predicted octanol–water partition coefficient (Wildman–Crippen LogP) is 4.55. The molecule has 1 atom stereocenters. The number of likely N-dealkylation sites (tertiary alicyclic amines) is 1. The number of hydrogen-bond donors (Lipinski definition) is 0. The number of nitrogens with zero attached hydrogens (tertiary/aromatic N) is 1. The SMILES string of the molecule is CCOC(=O)OC1CCCCN1C(=O)Cc1c(F)cc(C(F)(F)F)cc1Cl. The summed E-state index contributed by atoms with van der Waals surface area (Å²) in [5, 5.41) is -0.490. The molecule has 1 unspecified atom stereocenters. The van der Waals surface area contributed by atoms with E-state index < -0.39 is 47.3 Å². The number of ether oxygens (including phenoxy) is 2. The van der Waals surface area contributed by atoms with Gasteiger partial charge in [0.15, 0.2) is 6.23 Å².